The molecule has 1 atom stereocenters. The first-order chi connectivity index (χ1) is 9.23. The molecule has 8 heteroatoms. The highest BCUT2D eigenvalue weighted by molar-refractivity contribution is 7.92. The molecule has 0 saturated carbocycles. The summed E-state index contributed by atoms with van der Waals surface area (Å²) in [5.41, 5.74) is 6.41. The Morgan fingerprint density at radius 1 is 1.45 bits per heavy atom. The van der Waals surface area contributed by atoms with E-state index in [9.17, 15) is 13.2 Å². The summed E-state index contributed by atoms with van der Waals surface area (Å²) < 4.78 is 24.5. The van der Waals surface area contributed by atoms with Crippen molar-refractivity contribution < 1.29 is 13.2 Å². The van der Waals surface area contributed by atoms with Crippen molar-refractivity contribution in [2.75, 3.05) is 16.3 Å². The topological polar surface area (TPSA) is 101 Å². The predicted molar refractivity (Wildman–Crippen MR) is 81.4 cm³/mol. The van der Waals surface area contributed by atoms with Gasteiger partial charge in [-0.1, -0.05) is 24.9 Å². The van der Waals surface area contributed by atoms with Crippen LogP contribution in [0.1, 0.15) is 19.8 Å². The molecule has 0 spiro atoms. The smallest absolute Gasteiger partial charge is 0.241 e. The van der Waals surface area contributed by atoms with Gasteiger partial charge in [0.1, 0.15) is 0 Å². The molecule has 20 heavy (non-hydrogen) atoms. The molecule has 0 aliphatic heterocycles. The highest BCUT2D eigenvalue weighted by Gasteiger charge is 2.13. The zero-order valence-corrected chi connectivity index (χ0v) is 12.9. The van der Waals surface area contributed by atoms with Crippen LogP contribution in [0, 0.1) is 0 Å². The Balaban J connectivity index is 2.80. The van der Waals surface area contributed by atoms with Crippen molar-refractivity contribution in [3.05, 3.63) is 23.2 Å². The van der Waals surface area contributed by atoms with Crippen molar-refractivity contribution in [3.8, 4) is 0 Å². The number of nitrogens with two attached hydrogens (primary N) is 1. The minimum Gasteiger partial charge on any atom is -0.325 e. The first kappa shape index (κ1) is 16.7. The summed E-state index contributed by atoms with van der Waals surface area (Å²) in [6.07, 6.45) is 2.43. The number of hydrogen-bond acceptors (Lipinski definition) is 4. The summed E-state index contributed by atoms with van der Waals surface area (Å²) >= 11 is 5.95. The number of benzene rings is 1. The van der Waals surface area contributed by atoms with Crippen LogP contribution in [0.4, 0.5) is 11.4 Å². The molecule has 0 radical (unpaired) electrons. The number of anilines is 2. The van der Waals surface area contributed by atoms with Crippen molar-refractivity contribution in [2.45, 2.75) is 25.8 Å². The van der Waals surface area contributed by atoms with E-state index in [1.807, 2.05) is 6.92 Å². The van der Waals surface area contributed by atoms with E-state index in [1.165, 1.54) is 12.1 Å². The maximum atomic E-state index is 11.7. The van der Waals surface area contributed by atoms with E-state index >= 15 is 0 Å². The summed E-state index contributed by atoms with van der Waals surface area (Å²) in [6.45, 7) is 1.94. The van der Waals surface area contributed by atoms with Crippen LogP contribution in [0.25, 0.3) is 0 Å². The molecular weight excluding hydrogens is 302 g/mol. The van der Waals surface area contributed by atoms with Gasteiger partial charge in [0.15, 0.2) is 0 Å². The quantitative estimate of drug-likeness (QED) is 0.743. The van der Waals surface area contributed by atoms with E-state index < -0.39 is 16.1 Å². The molecule has 1 rings (SSSR count). The zero-order valence-electron chi connectivity index (χ0n) is 11.3. The monoisotopic (exact) mass is 319 g/mol. The van der Waals surface area contributed by atoms with E-state index in [2.05, 4.69) is 10.0 Å². The van der Waals surface area contributed by atoms with Gasteiger partial charge in [0.05, 0.1) is 23.0 Å². The molecule has 112 valence electrons. The molecule has 0 aromatic heterocycles. The molecule has 4 N–H and O–H groups in total. The number of nitrogens with one attached hydrogen (secondary N) is 2. The normalized spacial score (nSPS) is 12.8. The van der Waals surface area contributed by atoms with Gasteiger partial charge in [-0.15, -0.1) is 0 Å². The molecule has 0 fully saturated rings. The van der Waals surface area contributed by atoms with Crippen molar-refractivity contribution in [2.24, 2.45) is 5.73 Å². The van der Waals surface area contributed by atoms with Crippen LogP contribution in [0.15, 0.2) is 18.2 Å². The Bertz CT molecular complexity index is 590. The fraction of sp³-hybridized carbons (Fsp3) is 0.417. The summed E-state index contributed by atoms with van der Waals surface area (Å²) in [6, 6.07) is 3.92. The number of carbonyl (C=O) groups is 1. The Morgan fingerprint density at radius 3 is 2.60 bits per heavy atom. The summed E-state index contributed by atoms with van der Waals surface area (Å²) in [5, 5.41) is 2.82. The molecular formula is C12H18ClN3O3S. The first-order valence-corrected chi connectivity index (χ1v) is 8.33. The maximum absolute atomic E-state index is 11.7. The Labute approximate surface area is 123 Å². The Morgan fingerprint density at radius 2 is 2.10 bits per heavy atom. The molecule has 0 aliphatic rings. The van der Waals surface area contributed by atoms with E-state index in [1.54, 1.807) is 6.07 Å². The van der Waals surface area contributed by atoms with Gasteiger partial charge in [-0.05, 0) is 24.6 Å². The average molecular weight is 320 g/mol. The highest BCUT2D eigenvalue weighted by Crippen LogP contribution is 2.26. The minimum atomic E-state index is -3.40. The first-order valence-electron chi connectivity index (χ1n) is 6.06. The van der Waals surface area contributed by atoms with Crippen LogP contribution in [-0.4, -0.2) is 26.6 Å². The molecule has 0 heterocycles. The van der Waals surface area contributed by atoms with Crippen molar-refractivity contribution in [3.63, 3.8) is 0 Å². The number of carbonyl (C=O) groups excluding carboxylic acids is 1. The van der Waals surface area contributed by atoms with E-state index in [4.69, 9.17) is 17.3 Å². The fourth-order valence-corrected chi connectivity index (χ4v) is 2.41. The molecule has 1 unspecified atom stereocenters. The highest BCUT2D eigenvalue weighted by atomic mass is 35.5. The van der Waals surface area contributed by atoms with Crippen LogP contribution < -0.4 is 15.8 Å². The molecule has 1 aromatic carbocycles. The summed E-state index contributed by atoms with van der Waals surface area (Å²) in [7, 11) is -3.40. The second-order valence-electron chi connectivity index (χ2n) is 4.45. The van der Waals surface area contributed by atoms with Crippen LogP contribution in [0.2, 0.25) is 5.02 Å². The van der Waals surface area contributed by atoms with Gasteiger partial charge in [0.2, 0.25) is 15.9 Å². The van der Waals surface area contributed by atoms with E-state index in [-0.39, 0.29) is 16.6 Å². The summed E-state index contributed by atoms with van der Waals surface area (Å²) in [4.78, 5) is 11.7. The maximum Gasteiger partial charge on any atom is 0.241 e. The Kier molecular flexibility index (Phi) is 5.79. The molecule has 1 amide bonds. The minimum absolute atomic E-state index is 0.192. The lowest BCUT2D eigenvalue weighted by atomic mass is 10.1. The van der Waals surface area contributed by atoms with Crippen molar-refractivity contribution in [1.29, 1.82) is 0 Å². The van der Waals surface area contributed by atoms with Crippen molar-refractivity contribution >= 4 is 38.9 Å². The number of amides is 1. The van der Waals surface area contributed by atoms with Gasteiger partial charge in [0.25, 0.3) is 0 Å². The summed E-state index contributed by atoms with van der Waals surface area (Å²) in [5.74, 6) is -0.299. The Hall–Kier alpha value is -1.31. The molecule has 0 saturated heterocycles. The number of halogens is 1. The lowest BCUT2D eigenvalue weighted by molar-refractivity contribution is -0.117. The molecule has 6 nitrogen and oxygen atoms in total. The van der Waals surface area contributed by atoms with Gasteiger partial charge in [-0.25, -0.2) is 8.42 Å². The molecule has 0 aliphatic carbocycles. The lowest BCUT2D eigenvalue weighted by Crippen LogP contribution is -2.35. The second-order valence-corrected chi connectivity index (χ2v) is 6.61. The third kappa shape index (κ3) is 5.36. The number of rotatable bonds is 6. The zero-order chi connectivity index (χ0) is 15.3. The number of hydrogen-bond donors (Lipinski definition) is 3. The molecule has 1 aromatic rings. The number of sulfonamides is 1. The van der Waals surface area contributed by atoms with E-state index in [0.29, 0.717) is 12.1 Å². The van der Waals surface area contributed by atoms with Gasteiger partial charge in [-0.3, -0.25) is 9.52 Å². The van der Waals surface area contributed by atoms with E-state index in [0.717, 1.165) is 12.7 Å². The van der Waals surface area contributed by atoms with Crippen LogP contribution in [0.5, 0.6) is 0 Å². The largest absolute Gasteiger partial charge is 0.325 e. The second kappa shape index (κ2) is 6.92. The standard InChI is InChI=1S/C12H18ClN3O3S/c1-3-4-10(14)12(17)15-8-5-6-11(9(13)7-8)16-20(2,18)19/h5-7,10,16H,3-4,14H2,1-2H3,(H,15,17). The van der Waals surface area contributed by atoms with Gasteiger partial charge in [0, 0.05) is 5.69 Å². The van der Waals surface area contributed by atoms with Gasteiger partial charge in [-0.2, -0.15) is 0 Å². The van der Waals surface area contributed by atoms with Gasteiger partial charge < -0.3 is 11.1 Å². The predicted octanol–water partition coefficient (Wildman–Crippen LogP) is 1.78. The third-order valence-corrected chi connectivity index (χ3v) is 3.37. The van der Waals surface area contributed by atoms with Crippen molar-refractivity contribution in [1.82, 2.24) is 0 Å². The van der Waals surface area contributed by atoms with Crippen LogP contribution in [-0.2, 0) is 14.8 Å². The van der Waals surface area contributed by atoms with Crippen LogP contribution in [0.3, 0.4) is 0 Å². The van der Waals surface area contributed by atoms with Gasteiger partial charge >= 0.3 is 0 Å². The fourth-order valence-electron chi connectivity index (χ4n) is 1.55. The lowest BCUT2D eigenvalue weighted by Gasteiger charge is -2.12. The SMILES string of the molecule is CCCC(N)C(=O)Nc1ccc(NS(C)(=O)=O)c(Cl)c1. The molecule has 0 bridgehead atoms. The third-order valence-electron chi connectivity index (χ3n) is 2.47. The average Bonchev–Trinajstić information content (AvgIpc) is 2.31. The van der Waals surface area contributed by atoms with Crippen LogP contribution >= 0.6 is 11.6 Å².